The van der Waals surface area contributed by atoms with Crippen molar-refractivity contribution in [3.05, 3.63) is 75.7 Å². The van der Waals surface area contributed by atoms with E-state index in [-0.39, 0.29) is 17.7 Å². The molecular weight excluding hydrogens is 460 g/mol. The number of anilines is 1. The second kappa shape index (κ2) is 12.0. The van der Waals surface area contributed by atoms with Crippen molar-refractivity contribution in [1.29, 1.82) is 5.26 Å². The lowest BCUT2D eigenvalue weighted by Gasteiger charge is -2.10. The molecule has 3 rings (SSSR count). The molecule has 7 heteroatoms. The molecule has 180 valence electrons. The number of hydrogen-bond donors (Lipinski definition) is 1. The second-order valence-corrected chi connectivity index (χ2v) is 8.79. The van der Waals surface area contributed by atoms with Crippen molar-refractivity contribution in [3.8, 4) is 22.9 Å². The van der Waals surface area contributed by atoms with Crippen LogP contribution in [0.2, 0.25) is 0 Å². The maximum atomic E-state index is 13.0. The fourth-order valence-electron chi connectivity index (χ4n) is 3.34. The summed E-state index contributed by atoms with van der Waals surface area (Å²) in [5, 5.41) is 14.5. The normalized spacial score (nSPS) is 11.0. The summed E-state index contributed by atoms with van der Waals surface area (Å²) in [6.45, 7) is 8.61. The number of carbonyl (C=O) groups excluding carboxylic acids is 2. The molecule has 0 bridgehead atoms. The lowest BCUT2D eigenvalue weighted by molar-refractivity contribution is -0.112. The molecule has 0 saturated heterocycles. The first-order valence-corrected chi connectivity index (χ1v) is 12.3. The number of carbonyl (C=O) groups is 2. The zero-order valence-corrected chi connectivity index (χ0v) is 21.1. The van der Waals surface area contributed by atoms with Crippen LogP contribution in [0.3, 0.4) is 0 Å². The van der Waals surface area contributed by atoms with Crippen LogP contribution in [0.1, 0.15) is 47.3 Å². The topological polar surface area (TPSA) is 88.4 Å². The maximum absolute atomic E-state index is 13.0. The number of thiophene rings is 1. The first-order valence-electron chi connectivity index (χ1n) is 11.4. The van der Waals surface area contributed by atoms with E-state index in [0.717, 1.165) is 28.9 Å². The largest absolute Gasteiger partial charge is 0.494 e. The van der Waals surface area contributed by atoms with Crippen molar-refractivity contribution in [2.24, 2.45) is 0 Å². The fourth-order valence-corrected chi connectivity index (χ4v) is 4.30. The molecule has 1 heterocycles. The summed E-state index contributed by atoms with van der Waals surface area (Å²) in [6, 6.07) is 15.0. The van der Waals surface area contributed by atoms with E-state index in [0.29, 0.717) is 22.7 Å². The minimum atomic E-state index is -0.599. The van der Waals surface area contributed by atoms with Crippen molar-refractivity contribution in [1.82, 2.24) is 0 Å². The number of amides is 1. The van der Waals surface area contributed by atoms with Gasteiger partial charge < -0.3 is 14.8 Å². The van der Waals surface area contributed by atoms with Crippen LogP contribution in [-0.4, -0.2) is 25.1 Å². The van der Waals surface area contributed by atoms with E-state index >= 15 is 0 Å². The monoisotopic (exact) mass is 488 g/mol. The van der Waals surface area contributed by atoms with Crippen LogP contribution in [-0.2, 0) is 9.53 Å². The standard InChI is InChI=1S/C28H28N2O4S/c1-5-13-34-23-11-8-20(9-12-23)15-22(16-29)26(31)30-27-25(28(32)33-6-2)24(17-35-27)21-10-7-18(3)19(4)14-21/h7-12,14-15,17H,5-6,13H2,1-4H3,(H,30,31). The summed E-state index contributed by atoms with van der Waals surface area (Å²) in [7, 11) is 0. The molecular formula is C28H28N2O4S. The minimum absolute atomic E-state index is 0.0804. The van der Waals surface area contributed by atoms with Crippen molar-refractivity contribution in [3.63, 3.8) is 0 Å². The van der Waals surface area contributed by atoms with Crippen LogP contribution in [0.15, 0.2) is 53.4 Å². The number of aryl methyl sites for hydroxylation is 2. The molecule has 0 aliphatic rings. The van der Waals surface area contributed by atoms with Gasteiger partial charge in [-0.15, -0.1) is 11.3 Å². The van der Waals surface area contributed by atoms with Gasteiger partial charge in [-0.1, -0.05) is 37.3 Å². The Morgan fingerprint density at radius 1 is 1.09 bits per heavy atom. The van der Waals surface area contributed by atoms with E-state index in [9.17, 15) is 14.9 Å². The lowest BCUT2D eigenvalue weighted by Crippen LogP contribution is -2.16. The fraction of sp³-hybridized carbons (Fsp3) is 0.250. The highest BCUT2D eigenvalue weighted by Crippen LogP contribution is 2.37. The van der Waals surface area contributed by atoms with Gasteiger partial charge >= 0.3 is 5.97 Å². The summed E-state index contributed by atoms with van der Waals surface area (Å²) in [5.41, 5.74) is 4.66. The van der Waals surface area contributed by atoms with Gasteiger partial charge in [0.25, 0.3) is 5.91 Å². The Morgan fingerprint density at radius 3 is 2.46 bits per heavy atom. The summed E-state index contributed by atoms with van der Waals surface area (Å²) in [6.07, 6.45) is 2.41. The highest BCUT2D eigenvalue weighted by molar-refractivity contribution is 7.15. The number of nitriles is 1. The van der Waals surface area contributed by atoms with E-state index in [1.807, 2.05) is 50.4 Å². The average molecular weight is 489 g/mol. The van der Waals surface area contributed by atoms with Gasteiger partial charge in [-0.2, -0.15) is 5.26 Å². The van der Waals surface area contributed by atoms with Gasteiger partial charge in [0, 0.05) is 10.9 Å². The van der Waals surface area contributed by atoms with Gasteiger partial charge in [0.2, 0.25) is 0 Å². The molecule has 35 heavy (non-hydrogen) atoms. The molecule has 0 aliphatic heterocycles. The zero-order valence-electron chi connectivity index (χ0n) is 20.3. The Hall–Kier alpha value is -3.89. The van der Waals surface area contributed by atoms with Crippen LogP contribution in [0, 0.1) is 25.2 Å². The predicted molar refractivity (Wildman–Crippen MR) is 140 cm³/mol. The Morgan fingerprint density at radius 2 is 1.83 bits per heavy atom. The Labute approximate surface area is 209 Å². The quantitative estimate of drug-likeness (QED) is 0.210. The van der Waals surface area contributed by atoms with Gasteiger partial charge in [0.1, 0.15) is 28.0 Å². The third-order valence-electron chi connectivity index (χ3n) is 5.34. The van der Waals surface area contributed by atoms with Crippen molar-refractivity contribution in [2.75, 3.05) is 18.5 Å². The Bertz CT molecular complexity index is 1280. The lowest BCUT2D eigenvalue weighted by atomic mass is 9.99. The number of benzene rings is 2. The molecule has 1 N–H and O–H groups in total. The van der Waals surface area contributed by atoms with Crippen molar-refractivity contribution < 1.29 is 19.1 Å². The summed E-state index contributed by atoms with van der Waals surface area (Å²) < 4.78 is 10.8. The molecule has 1 amide bonds. The molecule has 6 nitrogen and oxygen atoms in total. The predicted octanol–water partition coefficient (Wildman–Crippen LogP) is 6.54. The summed E-state index contributed by atoms with van der Waals surface area (Å²) in [5.74, 6) is -0.399. The van der Waals surface area contributed by atoms with Gasteiger partial charge in [-0.3, -0.25) is 4.79 Å². The molecule has 2 aromatic carbocycles. The third kappa shape index (κ3) is 6.37. The van der Waals surface area contributed by atoms with Crippen LogP contribution in [0.4, 0.5) is 5.00 Å². The van der Waals surface area contributed by atoms with E-state index in [1.165, 1.54) is 17.4 Å². The highest BCUT2D eigenvalue weighted by Gasteiger charge is 2.24. The van der Waals surface area contributed by atoms with Crippen molar-refractivity contribution >= 4 is 34.3 Å². The van der Waals surface area contributed by atoms with Crippen LogP contribution < -0.4 is 10.1 Å². The molecule has 1 aromatic heterocycles. The number of hydrogen-bond acceptors (Lipinski definition) is 6. The average Bonchev–Trinajstić information content (AvgIpc) is 3.27. The molecule has 0 spiro atoms. The number of esters is 1. The van der Waals surface area contributed by atoms with Crippen LogP contribution in [0.5, 0.6) is 5.75 Å². The van der Waals surface area contributed by atoms with Crippen LogP contribution in [0.25, 0.3) is 17.2 Å². The number of nitrogens with zero attached hydrogens (tertiary/aromatic N) is 1. The van der Waals surface area contributed by atoms with Gasteiger partial charge in [0.15, 0.2) is 0 Å². The molecule has 3 aromatic rings. The summed E-state index contributed by atoms with van der Waals surface area (Å²) >= 11 is 1.22. The Kier molecular flexibility index (Phi) is 8.82. The SMILES string of the molecule is CCCOc1ccc(C=C(C#N)C(=O)Nc2scc(-c3ccc(C)c(C)c3)c2C(=O)OCC)cc1. The van der Waals surface area contributed by atoms with Gasteiger partial charge in [-0.05, 0) is 67.7 Å². The molecule has 0 fully saturated rings. The number of ether oxygens (including phenoxy) is 2. The van der Waals surface area contributed by atoms with E-state index in [1.54, 1.807) is 31.2 Å². The van der Waals surface area contributed by atoms with E-state index in [4.69, 9.17) is 9.47 Å². The first-order chi connectivity index (χ1) is 16.9. The molecule has 0 radical (unpaired) electrons. The van der Waals surface area contributed by atoms with Gasteiger partial charge in [-0.25, -0.2) is 4.79 Å². The van der Waals surface area contributed by atoms with Crippen LogP contribution >= 0.6 is 11.3 Å². The number of nitrogens with one attached hydrogen (secondary N) is 1. The number of rotatable bonds is 9. The zero-order chi connectivity index (χ0) is 25.4. The first kappa shape index (κ1) is 25.7. The smallest absolute Gasteiger partial charge is 0.341 e. The molecule has 0 unspecified atom stereocenters. The minimum Gasteiger partial charge on any atom is -0.494 e. The highest BCUT2D eigenvalue weighted by atomic mass is 32.1. The molecule has 0 atom stereocenters. The van der Waals surface area contributed by atoms with E-state index < -0.39 is 11.9 Å². The molecule has 0 saturated carbocycles. The van der Waals surface area contributed by atoms with Gasteiger partial charge in [0.05, 0.1) is 13.2 Å². The third-order valence-corrected chi connectivity index (χ3v) is 6.24. The second-order valence-electron chi connectivity index (χ2n) is 7.91. The Balaban J connectivity index is 1.90. The maximum Gasteiger partial charge on any atom is 0.341 e. The molecule has 0 aliphatic carbocycles. The van der Waals surface area contributed by atoms with E-state index in [2.05, 4.69) is 5.32 Å². The summed E-state index contributed by atoms with van der Waals surface area (Å²) in [4.78, 5) is 25.8. The van der Waals surface area contributed by atoms with Crippen molar-refractivity contribution in [2.45, 2.75) is 34.1 Å².